The zero-order chi connectivity index (χ0) is 16.8. The number of carbonyl (C=O) groups is 1. The van der Waals surface area contributed by atoms with Gasteiger partial charge in [0.15, 0.2) is 0 Å². The van der Waals surface area contributed by atoms with Gasteiger partial charge in [-0.15, -0.1) is 0 Å². The summed E-state index contributed by atoms with van der Waals surface area (Å²) in [7, 11) is 3.16. The second kappa shape index (κ2) is 8.20. The zero-order valence-electron chi connectivity index (χ0n) is 14.6. The first-order valence-corrected chi connectivity index (χ1v) is 8.30. The van der Waals surface area contributed by atoms with Crippen LogP contribution in [-0.4, -0.2) is 50.7 Å². The standard InChI is InChI=1S/C18H28N2O3/c1-13(2)17(20-7-5-6-8-20)12-19-18(21)14-9-15(22-3)11-16(10-14)23-4/h9-11,13,17H,5-8,12H2,1-4H3,(H,19,21). The number of amides is 1. The Balaban J connectivity index is 2.02. The van der Waals surface area contributed by atoms with Gasteiger partial charge in [0.1, 0.15) is 11.5 Å². The third kappa shape index (κ3) is 4.61. The summed E-state index contributed by atoms with van der Waals surface area (Å²) in [4.78, 5) is 15.0. The summed E-state index contributed by atoms with van der Waals surface area (Å²) in [5.74, 6) is 1.66. The lowest BCUT2D eigenvalue weighted by Gasteiger charge is -2.31. The van der Waals surface area contributed by atoms with Crippen molar-refractivity contribution in [3.63, 3.8) is 0 Å². The van der Waals surface area contributed by atoms with Crippen LogP contribution in [0.3, 0.4) is 0 Å². The van der Waals surface area contributed by atoms with E-state index in [-0.39, 0.29) is 5.91 Å². The topological polar surface area (TPSA) is 50.8 Å². The minimum Gasteiger partial charge on any atom is -0.497 e. The fraction of sp³-hybridized carbons (Fsp3) is 0.611. The van der Waals surface area contributed by atoms with Crippen LogP contribution in [0.5, 0.6) is 11.5 Å². The predicted octanol–water partition coefficient (Wildman–Crippen LogP) is 2.55. The monoisotopic (exact) mass is 320 g/mol. The molecule has 1 aromatic carbocycles. The molecule has 1 atom stereocenters. The summed E-state index contributed by atoms with van der Waals surface area (Å²) in [6, 6.07) is 5.61. The van der Waals surface area contributed by atoms with Crippen molar-refractivity contribution in [3.05, 3.63) is 23.8 Å². The molecule has 0 saturated carbocycles. The molecule has 1 aliphatic heterocycles. The molecule has 1 aromatic rings. The van der Waals surface area contributed by atoms with Gasteiger partial charge in [-0.2, -0.15) is 0 Å². The van der Waals surface area contributed by atoms with Crippen LogP contribution < -0.4 is 14.8 Å². The molecule has 0 bridgehead atoms. The lowest BCUT2D eigenvalue weighted by molar-refractivity contribution is 0.0926. The Morgan fingerprint density at radius 2 is 1.70 bits per heavy atom. The van der Waals surface area contributed by atoms with Crippen LogP contribution in [0.4, 0.5) is 0 Å². The summed E-state index contributed by atoms with van der Waals surface area (Å²) in [5.41, 5.74) is 0.560. The summed E-state index contributed by atoms with van der Waals surface area (Å²) in [6.07, 6.45) is 2.51. The number of rotatable bonds is 7. The van der Waals surface area contributed by atoms with Crippen molar-refractivity contribution in [2.45, 2.75) is 32.7 Å². The third-order valence-electron chi connectivity index (χ3n) is 4.46. The molecule has 0 spiro atoms. The highest BCUT2D eigenvalue weighted by molar-refractivity contribution is 5.95. The van der Waals surface area contributed by atoms with Crippen molar-refractivity contribution < 1.29 is 14.3 Å². The predicted molar refractivity (Wildman–Crippen MR) is 91.3 cm³/mol. The fourth-order valence-electron chi connectivity index (χ4n) is 3.10. The first-order chi connectivity index (χ1) is 11.0. The van der Waals surface area contributed by atoms with Crippen molar-refractivity contribution in [1.29, 1.82) is 0 Å². The maximum absolute atomic E-state index is 12.5. The fourth-order valence-corrected chi connectivity index (χ4v) is 3.10. The molecule has 0 aromatic heterocycles. The summed E-state index contributed by atoms with van der Waals surface area (Å²) >= 11 is 0. The van der Waals surface area contributed by atoms with Crippen molar-refractivity contribution in [2.24, 2.45) is 5.92 Å². The van der Waals surface area contributed by atoms with E-state index in [1.165, 1.54) is 12.8 Å². The molecule has 0 radical (unpaired) electrons. The van der Waals surface area contributed by atoms with Gasteiger partial charge in [-0.25, -0.2) is 0 Å². The highest BCUT2D eigenvalue weighted by atomic mass is 16.5. The van der Waals surface area contributed by atoms with E-state index in [0.717, 1.165) is 13.1 Å². The number of methoxy groups -OCH3 is 2. The van der Waals surface area contributed by atoms with Gasteiger partial charge in [0.25, 0.3) is 5.91 Å². The molecule has 0 aliphatic carbocycles. The SMILES string of the molecule is COc1cc(OC)cc(C(=O)NCC(C(C)C)N2CCCC2)c1. The summed E-state index contributed by atoms with van der Waals surface area (Å²) < 4.78 is 10.4. The Labute approximate surface area is 139 Å². The van der Waals surface area contributed by atoms with Crippen molar-refractivity contribution in [1.82, 2.24) is 10.2 Å². The Hall–Kier alpha value is -1.75. The number of benzene rings is 1. The molecule has 128 valence electrons. The average Bonchev–Trinajstić information content (AvgIpc) is 3.08. The lowest BCUT2D eigenvalue weighted by Crippen LogP contribution is -2.45. The minimum atomic E-state index is -0.0907. The number of ether oxygens (including phenoxy) is 2. The van der Waals surface area contributed by atoms with E-state index in [0.29, 0.717) is 35.6 Å². The maximum Gasteiger partial charge on any atom is 0.251 e. The Morgan fingerprint density at radius 3 is 2.17 bits per heavy atom. The lowest BCUT2D eigenvalue weighted by atomic mass is 10.0. The molecule has 2 rings (SSSR count). The molecular weight excluding hydrogens is 292 g/mol. The smallest absolute Gasteiger partial charge is 0.251 e. The van der Waals surface area contributed by atoms with Gasteiger partial charge in [0.2, 0.25) is 0 Å². The van der Waals surface area contributed by atoms with E-state index in [9.17, 15) is 4.79 Å². The number of hydrogen-bond donors (Lipinski definition) is 1. The van der Waals surface area contributed by atoms with Crippen LogP contribution in [0.1, 0.15) is 37.0 Å². The summed E-state index contributed by atoms with van der Waals surface area (Å²) in [5, 5.41) is 3.07. The normalized spacial score (nSPS) is 16.4. The molecule has 1 aliphatic rings. The molecule has 5 heteroatoms. The van der Waals surface area contributed by atoms with Crippen LogP contribution in [0.25, 0.3) is 0 Å². The van der Waals surface area contributed by atoms with Crippen LogP contribution in [-0.2, 0) is 0 Å². The molecular formula is C18H28N2O3. The quantitative estimate of drug-likeness (QED) is 0.839. The van der Waals surface area contributed by atoms with E-state index in [1.54, 1.807) is 32.4 Å². The average molecular weight is 320 g/mol. The number of nitrogens with zero attached hydrogens (tertiary/aromatic N) is 1. The molecule has 1 unspecified atom stereocenters. The molecule has 1 heterocycles. The second-order valence-corrected chi connectivity index (χ2v) is 6.37. The maximum atomic E-state index is 12.5. The zero-order valence-corrected chi connectivity index (χ0v) is 14.6. The molecule has 5 nitrogen and oxygen atoms in total. The first-order valence-electron chi connectivity index (χ1n) is 8.30. The van der Waals surface area contributed by atoms with Crippen molar-refractivity contribution in [2.75, 3.05) is 33.9 Å². The van der Waals surface area contributed by atoms with E-state index in [2.05, 4.69) is 24.1 Å². The van der Waals surface area contributed by atoms with Crippen LogP contribution in [0.2, 0.25) is 0 Å². The molecule has 1 N–H and O–H groups in total. The van der Waals surface area contributed by atoms with E-state index in [4.69, 9.17) is 9.47 Å². The highest BCUT2D eigenvalue weighted by Gasteiger charge is 2.25. The molecule has 1 saturated heterocycles. The van der Waals surface area contributed by atoms with Gasteiger partial charge in [-0.05, 0) is 44.0 Å². The molecule has 1 fully saturated rings. The first kappa shape index (κ1) is 17.6. The molecule has 1 amide bonds. The Morgan fingerprint density at radius 1 is 1.13 bits per heavy atom. The second-order valence-electron chi connectivity index (χ2n) is 6.37. The number of likely N-dealkylation sites (tertiary alicyclic amines) is 1. The number of hydrogen-bond acceptors (Lipinski definition) is 4. The van der Waals surface area contributed by atoms with E-state index >= 15 is 0 Å². The van der Waals surface area contributed by atoms with Gasteiger partial charge in [0, 0.05) is 24.2 Å². The number of carbonyl (C=O) groups excluding carboxylic acids is 1. The van der Waals surface area contributed by atoms with E-state index < -0.39 is 0 Å². The Kier molecular flexibility index (Phi) is 6.28. The van der Waals surface area contributed by atoms with Gasteiger partial charge in [-0.1, -0.05) is 13.8 Å². The van der Waals surface area contributed by atoms with Crippen molar-refractivity contribution >= 4 is 5.91 Å². The largest absolute Gasteiger partial charge is 0.497 e. The van der Waals surface area contributed by atoms with Crippen LogP contribution in [0, 0.1) is 5.92 Å². The third-order valence-corrected chi connectivity index (χ3v) is 4.46. The summed E-state index contributed by atoms with van der Waals surface area (Å²) in [6.45, 7) is 7.35. The highest BCUT2D eigenvalue weighted by Crippen LogP contribution is 2.22. The van der Waals surface area contributed by atoms with Gasteiger partial charge >= 0.3 is 0 Å². The minimum absolute atomic E-state index is 0.0907. The Bertz CT molecular complexity index is 503. The van der Waals surface area contributed by atoms with Gasteiger partial charge < -0.3 is 14.8 Å². The van der Waals surface area contributed by atoms with Gasteiger partial charge in [0.05, 0.1) is 14.2 Å². The molecule has 23 heavy (non-hydrogen) atoms. The van der Waals surface area contributed by atoms with E-state index in [1.807, 2.05) is 0 Å². The van der Waals surface area contributed by atoms with Crippen molar-refractivity contribution in [3.8, 4) is 11.5 Å². The van der Waals surface area contributed by atoms with Gasteiger partial charge in [-0.3, -0.25) is 9.69 Å². The van der Waals surface area contributed by atoms with Crippen LogP contribution >= 0.6 is 0 Å². The van der Waals surface area contributed by atoms with Crippen LogP contribution in [0.15, 0.2) is 18.2 Å². The number of nitrogens with one attached hydrogen (secondary N) is 1.